The van der Waals surface area contributed by atoms with E-state index in [2.05, 4.69) is 20.1 Å². The third kappa shape index (κ3) is 3.40. The van der Waals surface area contributed by atoms with Crippen molar-refractivity contribution in [3.05, 3.63) is 41.9 Å². The Morgan fingerprint density at radius 3 is 2.67 bits per heavy atom. The Balaban J connectivity index is 1.37. The van der Waals surface area contributed by atoms with Gasteiger partial charge in [-0.1, -0.05) is 24.1 Å². The first kappa shape index (κ1) is 20.9. The van der Waals surface area contributed by atoms with E-state index < -0.39 is 17.6 Å². The molecule has 10 heteroatoms. The van der Waals surface area contributed by atoms with E-state index in [0.29, 0.717) is 5.65 Å². The van der Waals surface area contributed by atoms with Gasteiger partial charge in [-0.3, -0.25) is 4.57 Å². The molecule has 1 aliphatic carbocycles. The number of aryl methyl sites for hydroxylation is 1. The summed E-state index contributed by atoms with van der Waals surface area (Å²) in [6.45, 7) is 5.77. The molecule has 3 aliphatic rings. The Hall–Kier alpha value is -2.66. The fraction of sp³-hybridized carbons (Fsp3) is 0.565. The molecule has 0 radical (unpaired) electrons. The number of aromatic nitrogens is 5. The number of hydrogen-bond donors (Lipinski definition) is 1. The predicted molar refractivity (Wildman–Crippen MR) is 118 cm³/mol. The smallest absolute Gasteiger partial charge is 0.166 e. The Morgan fingerprint density at radius 1 is 1.12 bits per heavy atom. The van der Waals surface area contributed by atoms with Gasteiger partial charge in [0, 0.05) is 5.56 Å². The molecule has 3 aromatic heterocycles. The highest BCUT2D eigenvalue weighted by molar-refractivity contribution is 5.74. The second-order valence-electron chi connectivity index (χ2n) is 9.71. The lowest BCUT2D eigenvalue weighted by Crippen LogP contribution is -2.34. The van der Waals surface area contributed by atoms with Gasteiger partial charge < -0.3 is 24.5 Å². The highest BCUT2D eigenvalue weighted by Crippen LogP contribution is 2.45. The van der Waals surface area contributed by atoms with Crippen molar-refractivity contribution < 1.29 is 18.7 Å². The molecule has 33 heavy (non-hydrogen) atoms. The maximum absolute atomic E-state index is 6.71. The van der Waals surface area contributed by atoms with Crippen LogP contribution in [0.3, 0.4) is 0 Å². The molecule has 0 bridgehead atoms. The van der Waals surface area contributed by atoms with E-state index in [1.807, 2.05) is 37.5 Å². The van der Waals surface area contributed by atoms with Crippen LogP contribution in [0.1, 0.15) is 62.7 Å². The van der Waals surface area contributed by atoms with Gasteiger partial charge in [0.05, 0.1) is 17.6 Å². The monoisotopic (exact) mass is 452 g/mol. The lowest BCUT2D eigenvalue weighted by Gasteiger charge is -2.24. The van der Waals surface area contributed by atoms with Crippen molar-refractivity contribution >= 4 is 17.2 Å². The van der Waals surface area contributed by atoms with Gasteiger partial charge in [0.2, 0.25) is 0 Å². The summed E-state index contributed by atoms with van der Waals surface area (Å²) in [5, 5.41) is 4.02. The molecule has 6 rings (SSSR count). The van der Waals surface area contributed by atoms with Crippen molar-refractivity contribution in [3.8, 4) is 0 Å². The highest BCUT2D eigenvalue weighted by Gasteiger charge is 2.55. The van der Waals surface area contributed by atoms with Gasteiger partial charge >= 0.3 is 0 Å². The van der Waals surface area contributed by atoms with Crippen LogP contribution in [0.15, 0.2) is 29.5 Å². The molecule has 5 heterocycles. The lowest BCUT2D eigenvalue weighted by molar-refractivity contribution is -0.191. The van der Waals surface area contributed by atoms with Gasteiger partial charge in [-0.2, -0.15) is 0 Å². The SMILES string of the molecule is Cc1conc1C=C[C@H]1O[C@@H](n2cnc3c(C4(N)CCCC4)ncnc32)[C@@H]2OC(C)(C)O[C@@H]21. The first-order valence-electron chi connectivity index (χ1n) is 11.4. The molecule has 2 aliphatic heterocycles. The summed E-state index contributed by atoms with van der Waals surface area (Å²) in [5.74, 6) is -0.727. The summed E-state index contributed by atoms with van der Waals surface area (Å²) in [6.07, 6.45) is 11.3. The Bertz CT molecular complexity index is 1210. The number of rotatable bonds is 4. The quantitative estimate of drug-likeness (QED) is 0.636. The van der Waals surface area contributed by atoms with Crippen molar-refractivity contribution in [2.45, 2.75) is 82.3 Å². The maximum atomic E-state index is 6.71. The third-order valence-corrected chi connectivity index (χ3v) is 6.89. The van der Waals surface area contributed by atoms with E-state index in [1.165, 1.54) is 0 Å². The van der Waals surface area contributed by atoms with Gasteiger partial charge in [0.25, 0.3) is 0 Å². The summed E-state index contributed by atoms with van der Waals surface area (Å²) in [6, 6.07) is 0. The molecule has 3 aromatic rings. The number of nitrogens with two attached hydrogens (primary N) is 1. The van der Waals surface area contributed by atoms with Crippen LogP contribution in [-0.2, 0) is 19.7 Å². The third-order valence-electron chi connectivity index (χ3n) is 6.89. The van der Waals surface area contributed by atoms with Gasteiger partial charge in [0.15, 0.2) is 17.7 Å². The standard InChI is InChI=1S/C23H28N6O4/c1-13-10-30-28-14(13)6-7-15-17-18(33-22(2,3)32-17)21(31-15)29-12-27-16-19(25-11-26-20(16)29)23(24)8-4-5-9-23/h6-7,10-12,15,17-18,21H,4-5,8-9,24H2,1-3H3/t15-,17-,18-,21-/m1/s1. The second-order valence-corrected chi connectivity index (χ2v) is 9.71. The van der Waals surface area contributed by atoms with E-state index >= 15 is 0 Å². The molecule has 0 unspecified atom stereocenters. The number of nitrogens with zero attached hydrogens (tertiary/aromatic N) is 5. The average Bonchev–Trinajstić information content (AvgIpc) is 3.57. The number of ether oxygens (including phenoxy) is 3. The van der Waals surface area contributed by atoms with Crippen LogP contribution in [0.2, 0.25) is 0 Å². The molecule has 2 N–H and O–H groups in total. The van der Waals surface area contributed by atoms with Crippen LogP contribution in [0.5, 0.6) is 0 Å². The molecule has 174 valence electrons. The first-order chi connectivity index (χ1) is 15.8. The second kappa shape index (κ2) is 7.42. The molecule has 4 atom stereocenters. The summed E-state index contributed by atoms with van der Waals surface area (Å²) in [7, 11) is 0. The van der Waals surface area contributed by atoms with E-state index in [9.17, 15) is 0 Å². The van der Waals surface area contributed by atoms with Crippen LogP contribution < -0.4 is 5.73 Å². The van der Waals surface area contributed by atoms with Crippen LogP contribution >= 0.6 is 0 Å². The topological polar surface area (TPSA) is 123 Å². The van der Waals surface area contributed by atoms with E-state index in [-0.39, 0.29) is 18.3 Å². The fourth-order valence-electron chi connectivity index (χ4n) is 5.27. The van der Waals surface area contributed by atoms with Crippen LogP contribution in [-0.4, -0.2) is 48.8 Å². The minimum atomic E-state index is -0.727. The first-order valence-corrected chi connectivity index (χ1v) is 11.4. The lowest BCUT2D eigenvalue weighted by atomic mass is 9.94. The van der Waals surface area contributed by atoms with Gasteiger partial charge in [-0.15, -0.1) is 0 Å². The fourth-order valence-corrected chi connectivity index (χ4v) is 5.27. The Morgan fingerprint density at radius 2 is 1.91 bits per heavy atom. The van der Waals surface area contributed by atoms with E-state index in [1.54, 1.807) is 18.9 Å². The van der Waals surface area contributed by atoms with Crippen molar-refractivity contribution in [3.63, 3.8) is 0 Å². The minimum absolute atomic E-state index is 0.289. The van der Waals surface area contributed by atoms with Crippen molar-refractivity contribution in [2.75, 3.05) is 0 Å². The summed E-state index contributed by atoms with van der Waals surface area (Å²) >= 11 is 0. The predicted octanol–water partition coefficient (Wildman–Crippen LogP) is 2.98. The van der Waals surface area contributed by atoms with Crippen LogP contribution in [0.4, 0.5) is 0 Å². The number of hydrogen-bond acceptors (Lipinski definition) is 9. The number of imidazole rings is 1. The minimum Gasteiger partial charge on any atom is -0.364 e. The molecule has 0 aromatic carbocycles. The summed E-state index contributed by atoms with van der Waals surface area (Å²) < 4.78 is 25.9. The average molecular weight is 453 g/mol. The maximum Gasteiger partial charge on any atom is 0.166 e. The van der Waals surface area contributed by atoms with Gasteiger partial charge in [0.1, 0.15) is 42.1 Å². The zero-order valence-electron chi connectivity index (χ0n) is 19.0. The molecule has 0 amide bonds. The largest absolute Gasteiger partial charge is 0.364 e. The molecule has 0 spiro atoms. The van der Waals surface area contributed by atoms with Crippen molar-refractivity contribution in [1.29, 1.82) is 0 Å². The van der Waals surface area contributed by atoms with Crippen molar-refractivity contribution in [1.82, 2.24) is 24.7 Å². The molecular weight excluding hydrogens is 424 g/mol. The molecule has 10 nitrogen and oxygen atoms in total. The van der Waals surface area contributed by atoms with Crippen LogP contribution in [0, 0.1) is 6.92 Å². The van der Waals surface area contributed by atoms with E-state index in [4.69, 9.17) is 24.5 Å². The Labute approximate surface area is 191 Å². The molecule has 1 saturated carbocycles. The van der Waals surface area contributed by atoms with Crippen molar-refractivity contribution in [2.24, 2.45) is 5.73 Å². The van der Waals surface area contributed by atoms with Gasteiger partial charge in [-0.05, 0) is 39.7 Å². The highest BCUT2D eigenvalue weighted by atomic mass is 16.8. The number of fused-ring (bicyclic) bond motifs is 2. The van der Waals surface area contributed by atoms with Crippen LogP contribution in [0.25, 0.3) is 17.2 Å². The normalized spacial score (nSPS) is 30.5. The summed E-state index contributed by atoms with van der Waals surface area (Å²) in [5.41, 5.74) is 10.2. The zero-order valence-corrected chi connectivity index (χ0v) is 19.0. The Kier molecular flexibility index (Phi) is 4.70. The molecular formula is C23H28N6O4. The van der Waals surface area contributed by atoms with E-state index in [0.717, 1.165) is 48.2 Å². The summed E-state index contributed by atoms with van der Waals surface area (Å²) in [4.78, 5) is 13.7. The molecule has 2 saturated heterocycles. The zero-order chi connectivity index (χ0) is 22.8. The van der Waals surface area contributed by atoms with Gasteiger partial charge in [-0.25, -0.2) is 15.0 Å². The molecule has 3 fully saturated rings.